The van der Waals surface area contributed by atoms with E-state index in [1.807, 2.05) is 0 Å². The fourth-order valence-corrected chi connectivity index (χ4v) is 2.01. The van der Waals surface area contributed by atoms with Crippen molar-refractivity contribution in [2.75, 3.05) is 0 Å². The van der Waals surface area contributed by atoms with E-state index in [0.29, 0.717) is 0 Å². The van der Waals surface area contributed by atoms with Crippen molar-refractivity contribution in [2.24, 2.45) is 0 Å². The first-order chi connectivity index (χ1) is 9.95. The molecule has 1 unspecified atom stereocenters. The van der Waals surface area contributed by atoms with Crippen LogP contribution in [0.4, 0.5) is 10.3 Å². The number of hydrogen-bond donors (Lipinski definition) is 0. The molecule has 1 aromatic carbocycles. The second-order valence-corrected chi connectivity index (χ2v) is 4.36. The Morgan fingerprint density at radius 2 is 2.14 bits per heavy atom. The predicted molar refractivity (Wildman–Crippen MR) is 69.5 cm³/mol. The van der Waals surface area contributed by atoms with Gasteiger partial charge in [0.05, 0.1) is 12.1 Å². The van der Waals surface area contributed by atoms with Gasteiger partial charge in [0.25, 0.3) is 0 Å². The molecule has 21 heavy (non-hydrogen) atoms. The molecule has 0 radical (unpaired) electrons. The maximum Gasteiger partial charge on any atom is 0.433 e. The van der Waals surface area contributed by atoms with Crippen molar-refractivity contribution in [1.82, 2.24) is 0 Å². The first-order valence-corrected chi connectivity index (χ1v) is 5.95. The van der Waals surface area contributed by atoms with E-state index >= 15 is 0 Å². The van der Waals surface area contributed by atoms with Crippen LogP contribution in [-0.2, 0) is 0 Å². The molecule has 0 amide bonds. The highest BCUT2D eigenvalue weighted by Gasteiger charge is 2.30. The first kappa shape index (κ1) is 14.7. The van der Waals surface area contributed by atoms with Gasteiger partial charge < -0.3 is 4.42 Å². The summed E-state index contributed by atoms with van der Waals surface area (Å²) in [4.78, 5) is 21.8. The van der Waals surface area contributed by atoms with E-state index in [1.54, 1.807) is 6.07 Å². The van der Waals surface area contributed by atoms with Gasteiger partial charge in [-0.2, -0.15) is 5.26 Å². The Morgan fingerprint density at radius 1 is 1.43 bits per heavy atom. The van der Waals surface area contributed by atoms with Crippen molar-refractivity contribution in [2.45, 2.75) is 5.92 Å². The van der Waals surface area contributed by atoms with Crippen molar-refractivity contribution in [3.05, 3.63) is 62.6 Å². The largest absolute Gasteiger partial charge is 0.433 e. The number of furan rings is 1. The number of rotatable bonds is 4. The molecule has 1 heterocycles. The van der Waals surface area contributed by atoms with Crippen LogP contribution in [0.3, 0.4) is 0 Å². The van der Waals surface area contributed by atoms with Gasteiger partial charge in [0.1, 0.15) is 16.7 Å². The van der Waals surface area contributed by atoms with E-state index < -0.39 is 34.1 Å². The van der Waals surface area contributed by atoms with Gasteiger partial charge in [0, 0.05) is 10.6 Å². The van der Waals surface area contributed by atoms with E-state index in [-0.39, 0.29) is 10.6 Å². The molecule has 2 aromatic rings. The lowest BCUT2D eigenvalue weighted by molar-refractivity contribution is -0.402. The summed E-state index contributed by atoms with van der Waals surface area (Å²) < 4.78 is 18.5. The number of carbonyl (C=O) groups excluding carboxylic acids is 1. The first-order valence-electron chi connectivity index (χ1n) is 5.57. The quantitative estimate of drug-likeness (QED) is 0.489. The van der Waals surface area contributed by atoms with Crippen LogP contribution in [0.1, 0.15) is 22.0 Å². The zero-order chi connectivity index (χ0) is 15.6. The number of hydrogen-bond acceptors (Lipinski definition) is 5. The third-order valence-corrected chi connectivity index (χ3v) is 3.02. The minimum Gasteiger partial charge on any atom is -0.397 e. The minimum absolute atomic E-state index is 0.0871. The van der Waals surface area contributed by atoms with Crippen LogP contribution in [0, 0.1) is 27.3 Å². The number of nitro groups is 1. The number of benzene rings is 1. The molecular formula is C13H6ClFN2O4. The highest BCUT2D eigenvalue weighted by atomic mass is 35.5. The summed E-state index contributed by atoms with van der Waals surface area (Å²) in [5, 5.41) is 19.5. The number of halogens is 2. The van der Waals surface area contributed by atoms with Crippen LogP contribution in [0.2, 0.25) is 5.02 Å². The van der Waals surface area contributed by atoms with E-state index in [4.69, 9.17) is 21.3 Å². The maximum absolute atomic E-state index is 13.8. The van der Waals surface area contributed by atoms with Gasteiger partial charge in [0.2, 0.25) is 5.78 Å². The molecule has 106 valence electrons. The van der Waals surface area contributed by atoms with Gasteiger partial charge in [-0.3, -0.25) is 14.9 Å². The molecule has 0 aliphatic heterocycles. The molecule has 8 heteroatoms. The topological polar surface area (TPSA) is 97.1 Å². The van der Waals surface area contributed by atoms with Crippen molar-refractivity contribution >= 4 is 23.3 Å². The maximum atomic E-state index is 13.8. The Kier molecular flexibility index (Phi) is 4.00. The molecule has 0 aliphatic rings. The van der Waals surface area contributed by atoms with Crippen molar-refractivity contribution < 1.29 is 18.5 Å². The van der Waals surface area contributed by atoms with Crippen LogP contribution < -0.4 is 0 Å². The fourth-order valence-electron chi connectivity index (χ4n) is 1.74. The normalized spacial score (nSPS) is 11.7. The van der Waals surface area contributed by atoms with Crippen LogP contribution in [0.25, 0.3) is 0 Å². The van der Waals surface area contributed by atoms with Crippen LogP contribution in [0.15, 0.2) is 34.7 Å². The van der Waals surface area contributed by atoms with Crippen molar-refractivity contribution in [3.8, 4) is 6.07 Å². The van der Waals surface area contributed by atoms with Gasteiger partial charge in [-0.1, -0.05) is 17.7 Å². The van der Waals surface area contributed by atoms with Crippen LogP contribution in [0.5, 0.6) is 0 Å². The second kappa shape index (κ2) is 5.73. The lowest BCUT2D eigenvalue weighted by Crippen LogP contribution is -2.12. The molecule has 6 nitrogen and oxygen atoms in total. The summed E-state index contributed by atoms with van der Waals surface area (Å²) in [5.41, 5.74) is -0.286. The van der Waals surface area contributed by atoms with Gasteiger partial charge in [-0.25, -0.2) is 4.39 Å². The van der Waals surface area contributed by atoms with Crippen LogP contribution >= 0.6 is 11.6 Å². The SMILES string of the molecule is N#CC(C(=O)c1ccc([N+](=O)[O-])o1)c1c(F)cccc1Cl. The van der Waals surface area contributed by atoms with Crippen molar-refractivity contribution in [3.63, 3.8) is 0 Å². The van der Waals surface area contributed by atoms with Crippen LogP contribution in [-0.4, -0.2) is 10.7 Å². The summed E-state index contributed by atoms with van der Waals surface area (Å²) in [7, 11) is 0. The number of Topliss-reactive ketones (excluding diaryl/α,β-unsaturated/α-hetero) is 1. The molecule has 0 saturated carbocycles. The molecule has 0 fully saturated rings. The second-order valence-electron chi connectivity index (χ2n) is 3.96. The predicted octanol–water partition coefficient (Wildman–Crippen LogP) is 3.47. The molecule has 0 bridgehead atoms. The summed E-state index contributed by atoms with van der Waals surface area (Å²) >= 11 is 5.81. The minimum atomic E-state index is -1.55. The summed E-state index contributed by atoms with van der Waals surface area (Å²) in [6, 6.07) is 7.39. The Morgan fingerprint density at radius 3 is 2.67 bits per heavy atom. The summed E-state index contributed by atoms with van der Waals surface area (Å²) in [6.07, 6.45) is 0. The third kappa shape index (κ3) is 2.75. The lowest BCUT2D eigenvalue weighted by Gasteiger charge is -2.09. The molecular weight excluding hydrogens is 303 g/mol. The highest BCUT2D eigenvalue weighted by molar-refractivity contribution is 6.31. The standard InChI is InChI=1S/C13H6ClFN2O4/c14-8-2-1-3-9(15)12(8)7(6-16)13(18)10-4-5-11(21-10)17(19)20/h1-5,7H. The van der Waals surface area contributed by atoms with E-state index in [0.717, 1.165) is 18.2 Å². The monoisotopic (exact) mass is 308 g/mol. The number of ketones is 1. The van der Waals surface area contributed by atoms with Gasteiger partial charge in [0.15, 0.2) is 5.76 Å². The average molecular weight is 309 g/mol. The Hall–Kier alpha value is -2.72. The molecule has 0 saturated heterocycles. The number of nitrogens with zero attached hydrogens (tertiary/aromatic N) is 2. The zero-order valence-corrected chi connectivity index (χ0v) is 11.0. The molecule has 1 atom stereocenters. The Balaban J connectivity index is 2.44. The van der Waals surface area contributed by atoms with Crippen molar-refractivity contribution in [1.29, 1.82) is 5.26 Å². The Labute approximate surface area is 122 Å². The highest BCUT2D eigenvalue weighted by Crippen LogP contribution is 2.30. The third-order valence-electron chi connectivity index (χ3n) is 2.69. The van der Waals surface area contributed by atoms with E-state index in [2.05, 4.69) is 0 Å². The average Bonchev–Trinajstić information content (AvgIpc) is 2.92. The Bertz CT molecular complexity index is 746. The van der Waals surface area contributed by atoms with Gasteiger partial charge in [-0.15, -0.1) is 0 Å². The van der Waals surface area contributed by atoms with Gasteiger partial charge >= 0.3 is 5.88 Å². The fraction of sp³-hybridized carbons (Fsp3) is 0.0769. The summed E-state index contributed by atoms with van der Waals surface area (Å²) in [5.74, 6) is -4.33. The molecule has 2 rings (SSSR count). The number of nitriles is 1. The van der Waals surface area contributed by atoms with E-state index in [1.165, 1.54) is 12.1 Å². The summed E-state index contributed by atoms with van der Waals surface area (Å²) in [6.45, 7) is 0. The van der Waals surface area contributed by atoms with E-state index in [9.17, 15) is 19.3 Å². The molecule has 0 N–H and O–H groups in total. The van der Waals surface area contributed by atoms with Gasteiger partial charge in [-0.05, 0) is 18.2 Å². The zero-order valence-electron chi connectivity index (χ0n) is 10.2. The molecule has 1 aromatic heterocycles. The smallest absolute Gasteiger partial charge is 0.397 e. The molecule has 0 aliphatic carbocycles. The lowest BCUT2D eigenvalue weighted by atomic mass is 9.94. The molecule has 0 spiro atoms. The number of carbonyl (C=O) groups is 1.